The molecule has 0 N–H and O–H groups in total. The maximum Gasteiger partial charge on any atom is 0.0249 e. The third-order valence-electron chi connectivity index (χ3n) is 1.07. The molecule has 0 aromatic rings. The minimum absolute atomic E-state index is 1.39. The highest BCUT2D eigenvalue weighted by Crippen LogP contribution is 2.29. The quantitative estimate of drug-likeness (QED) is 0.478. The first-order chi connectivity index (χ1) is 4.46. The van der Waals surface area contributed by atoms with Crippen molar-refractivity contribution in [2.75, 3.05) is 0 Å². The Balaban J connectivity index is 4.71. The highest BCUT2D eigenvalue weighted by atomic mass is 127. The second-order valence-corrected chi connectivity index (χ2v) is 4.79. The zero-order chi connectivity index (χ0) is 8.31. The maximum absolute atomic E-state index is 2.39. The van der Waals surface area contributed by atoms with Crippen molar-refractivity contribution in [3.63, 3.8) is 0 Å². The van der Waals surface area contributed by atoms with Crippen LogP contribution in [0.2, 0.25) is 0 Å². The van der Waals surface area contributed by atoms with E-state index in [0.29, 0.717) is 0 Å². The molecule has 0 saturated heterocycles. The average molecular weight is 362 g/mol. The third kappa shape index (κ3) is 3.37. The molecule has 0 bridgehead atoms. The summed E-state index contributed by atoms with van der Waals surface area (Å²) in [6.07, 6.45) is 0. The molecule has 0 heterocycles. The fraction of sp³-hybridized carbons (Fsp3) is 0.500. The molecule has 0 aliphatic carbocycles. The number of rotatable bonds is 1. The van der Waals surface area contributed by atoms with Crippen LogP contribution < -0.4 is 0 Å². The van der Waals surface area contributed by atoms with Crippen LogP contribution in [0.3, 0.4) is 0 Å². The lowest BCUT2D eigenvalue weighted by Crippen LogP contribution is -1.78. The zero-order valence-corrected chi connectivity index (χ0v) is 11.1. The van der Waals surface area contributed by atoms with Crippen LogP contribution in [0.15, 0.2) is 18.3 Å². The SMILES string of the molecule is CC(C)=C(I)C(I)=C(C)C. The zero-order valence-electron chi connectivity index (χ0n) is 6.76. The van der Waals surface area contributed by atoms with Crippen LogP contribution >= 0.6 is 45.2 Å². The molecule has 0 radical (unpaired) electrons. The molecule has 0 saturated carbocycles. The summed E-state index contributed by atoms with van der Waals surface area (Å²) < 4.78 is 2.77. The smallest absolute Gasteiger partial charge is 0.0249 e. The van der Waals surface area contributed by atoms with Gasteiger partial charge in [-0.25, -0.2) is 0 Å². The second-order valence-electron chi connectivity index (χ2n) is 2.63. The molecule has 0 spiro atoms. The molecule has 0 nitrogen and oxygen atoms in total. The van der Waals surface area contributed by atoms with Gasteiger partial charge in [0.05, 0.1) is 0 Å². The largest absolute Gasteiger partial charge is 0.0620 e. The molecular formula is C8H12I2. The normalized spacial score (nSPS) is 9.00. The molecule has 0 atom stereocenters. The van der Waals surface area contributed by atoms with Crippen molar-refractivity contribution in [2.45, 2.75) is 27.7 Å². The number of halogens is 2. The Hall–Kier alpha value is 0.940. The van der Waals surface area contributed by atoms with Crippen LogP contribution in [0.5, 0.6) is 0 Å². The van der Waals surface area contributed by atoms with E-state index >= 15 is 0 Å². The molecular weight excluding hydrogens is 350 g/mol. The molecule has 0 aromatic carbocycles. The predicted molar refractivity (Wildman–Crippen MR) is 64.8 cm³/mol. The Kier molecular flexibility index (Phi) is 5.19. The molecule has 0 unspecified atom stereocenters. The summed E-state index contributed by atoms with van der Waals surface area (Å²) in [5.41, 5.74) is 2.79. The topological polar surface area (TPSA) is 0 Å². The first-order valence-corrected chi connectivity index (χ1v) is 5.29. The van der Waals surface area contributed by atoms with E-state index in [4.69, 9.17) is 0 Å². The Morgan fingerprint density at radius 1 is 0.700 bits per heavy atom. The van der Waals surface area contributed by atoms with E-state index < -0.39 is 0 Å². The first-order valence-electron chi connectivity index (χ1n) is 3.13. The van der Waals surface area contributed by atoms with Gasteiger partial charge in [0.1, 0.15) is 0 Å². The monoisotopic (exact) mass is 362 g/mol. The van der Waals surface area contributed by atoms with Gasteiger partial charge in [0.2, 0.25) is 0 Å². The third-order valence-corrected chi connectivity index (χ3v) is 5.34. The molecule has 0 amide bonds. The number of allylic oxidation sites excluding steroid dienone is 4. The molecule has 2 heteroatoms. The molecule has 10 heavy (non-hydrogen) atoms. The fourth-order valence-corrected chi connectivity index (χ4v) is 1.52. The van der Waals surface area contributed by atoms with Crippen LogP contribution in [-0.4, -0.2) is 0 Å². The van der Waals surface area contributed by atoms with Crippen LogP contribution in [0.1, 0.15) is 27.7 Å². The standard InChI is InChI=1S/C8H12I2/c1-5(2)7(9)8(10)6(3)4/h1-4H3. The van der Waals surface area contributed by atoms with Crippen LogP contribution in [0, 0.1) is 0 Å². The van der Waals surface area contributed by atoms with Gasteiger partial charge >= 0.3 is 0 Å². The van der Waals surface area contributed by atoms with Crippen LogP contribution in [0.4, 0.5) is 0 Å². The van der Waals surface area contributed by atoms with E-state index in [1.54, 1.807) is 0 Å². The van der Waals surface area contributed by atoms with Gasteiger partial charge in [0.25, 0.3) is 0 Å². The number of hydrogen-bond acceptors (Lipinski definition) is 0. The molecule has 0 aromatic heterocycles. The van der Waals surface area contributed by atoms with Gasteiger partial charge in [-0.3, -0.25) is 0 Å². The Morgan fingerprint density at radius 2 is 0.900 bits per heavy atom. The van der Waals surface area contributed by atoms with Gasteiger partial charge in [0.15, 0.2) is 0 Å². The van der Waals surface area contributed by atoms with Gasteiger partial charge in [-0.2, -0.15) is 0 Å². The predicted octanol–water partition coefficient (Wildman–Crippen LogP) is 4.44. The van der Waals surface area contributed by atoms with Crippen molar-refractivity contribution < 1.29 is 0 Å². The summed E-state index contributed by atoms with van der Waals surface area (Å²) in [5.74, 6) is 0. The van der Waals surface area contributed by atoms with Crippen LogP contribution in [0.25, 0.3) is 0 Å². The molecule has 0 aliphatic rings. The summed E-state index contributed by atoms with van der Waals surface area (Å²) in [6.45, 7) is 8.57. The molecule has 0 aliphatic heterocycles. The van der Waals surface area contributed by atoms with Gasteiger partial charge in [-0.1, -0.05) is 11.1 Å². The first kappa shape index (κ1) is 10.9. The summed E-state index contributed by atoms with van der Waals surface area (Å²) in [6, 6.07) is 0. The van der Waals surface area contributed by atoms with E-state index in [1.165, 1.54) is 18.3 Å². The van der Waals surface area contributed by atoms with Crippen LogP contribution in [-0.2, 0) is 0 Å². The lowest BCUT2D eigenvalue weighted by molar-refractivity contribution is 1.34. The van der Waals surface area contributed by atoms with Crippen molar-refractivity contribution in [2.24, 2.45) is 0 Å². The van der Waals surface area contributed by atoms with Gasteiger partial charge in [-0.15, -0.1) is 0 Å². The summed E-state index contributed by atoms with van der Waals surface area (Å²) >= 11 is 4.77. The molecule has 58 valence electrons. The van der Waals surface area contributed by atoms with Crippen molar-refractivity contribution in [1.29, 1.82) is 0 Å². The van der Waals surface area contributed by atoms with E-state index in [1.807, 2.05) is 0 Å². The lowest BCUT2D eigenvalue weighted by atomic mass is 10.2. The van der Waals surface area contributed by atoms with Gasteiger partial charge < -0.3 is 0 Å². The minimum atomic E-state index is 1.39. The van der Waals surface area contributed by atoms with E-state index in [-0.39, 0.29) is 0 Å². The Morgan fingerprint density at radius 3 is 1.00 bits per heavy atom. The maximum atomic E-state index is 2.39. The van der Waals surface area contributed by atoms with E-state index in [9.17, 15) is 0 Å². The highest BCUT2D eigenvalue weighted by Gasteiger charge is 1.99. The van der Waals surface area contributed by atoms with Gasteiger partial charge in [0, 0.05) is 7.16 Å². The average Bonchev–Trinajstić information content (AvgIpc) is 1.84. The van der Waals surface area contributed by atoms with Gasteiger partial charge in [-0.05, 0) is 72.9 Å². The van der Waals surface area contributed by atoms with E-state index in [2.05, 4.69) is 72.9 Å². The summed E-state index contributed by atoms with van der Waals surface area (Å²) in [5, 5.41) is 0. The van der Waals surface area contributed by atoms with Crippen molar-refractivity contribution in [3.05, 3.63) is 18.3 Å². The fourth-order valence-electron chi connectivity index (χ4n) is 0.439. The molecule has 0 fully saturated rings. The Labute approximate surface area is 90.4 Å². The van der Waals surface area contributed by atoms with Crippen molar-refractivity contribution in [1.82, 2.24) is 0 Å². The molecule has 0 rings (SSSR count). The minimum Gasteiger partial charge on any atom is -0.0620 e. The summed E-state index contributed by atoms with van der Waals surface area (Å²) in [7, 11) is 0. The highest BCUT2D eigenvalue weighted by molar-refractivity contribution is 14.1. The summed E-state index contributed by atoms with van der Waals surface area (Å²) in [4.78, 5) is 0. The van der Waals surface area contributed by atoms with Crippen molar-refractivity contribution >= 4 is 45.2 Å². The lowest BCUT2D eigenvalue weighted by Gasteiger charge is -2.01. The Bertz CT molecular complexity index is 157. The van der Waals surface area contributed by atoms with E-state index in [0.717, 1.165) is 0 Å². The number of hydrogen-bond donors (Lipinski definition) is 0. The second kappa shape index (κ2) is 4.74. The van der Waals surface area contributed by atoms with Crippen molar-refractivity contribution in [3.8, 4) is 0 Å².